The number of ether oxygens (including phenoxy) is 1. The predicted octanol–water partition coefficient (Wildman–Crippen LogP) is 2.70. The van der Waals surface area contributed by atoms with Gasteiger partial charge in [0.05, 0.1) is 12.5 Å². The molecular formula is C23H27N3O3. The summed E-state index contributed by atoms with van der Waals surface area (Å²) >= 11 is 0. The molecule has 6 heteroatoms. The van der Waals surface area contributed by atoms with Crippen LogP contribution in [0.3, 0.4) is 0 Å². The lowest BCUT2D eigenvalue weighted by Gasteiger charge is -2.34. The molecule has 2 amide bonds. The SMILES string of the molecule is O=C(CC1C(=O)NCCN1Cc1cccc(Oc2ccccc2)c1)NCC1CC1. The van der Waals surface area contributed by atoms with Crippen molar-refractivity contribution in [1.29, 1.82) is 0 Å². The fourth-order valence-electron chi connectivity index (χ4n) is 3.57. The van der Waals surface area contributed by atoms with Crippen molar-refractivity contribution in [3.05, 3.63) is 60.2 Å². The van der Waals surface area contributed by atoms with Crippen LogP contribution >= 0.6 is 0 Å². The van der Waals surface area contributed by atoms with Crippen LogP contribution in [-0.2, 0) is 16.1 Å². The van der Waals surface area contributed by atoms with Crippen molar-refractivity contribution < 1.29 is 14.3 Å². The maximum Gasteiger partial charge on any atom is 0.237 e. The van der Waals surface area contributed by atoms with Crippen LogP contribution in [0.25, 0.3) is 0 Å². The van der Waals surface area contributed by atoms with Gasteiger partial charge in [0.2, 0.25) is 11.8 Å². The highest BCUT2D eigenvalue weighted by Gasteiger charge is 2.32. The van der Waals surface area contributed by atoms with E-state index in [0.717, 1.165) is 30.2 Å². The lowest BCUT2D eigenvalue weighted by Crippen LogP contribution is -2.56. The van der Waals surface area contributed by atoms with E-state index in [1.807, 2.05) is 54.6 Å². The van der Waals surface area contributed by atoms with Crippen molar-refractivity contribution in [1.82, 2.24) is 15.5 Å². The summed E-state index contributed by atoms with van der Waals surface area (Å²) < 4.78 is 5.92. The van der Waals surface area contributed by atoms with Crippen molar-refractivity contribution in [2.24, 2.45) is 5.92 Å². The van der Waals surface area contributed by atoms with Gasteiger partial charge in [-0.1, -0.05) is 30.3 Å². The predicted molar refractivity (Wildman–Crippen MR) is 111 cm³/mol. The zero-order valence-corrected chi connectivity index (χ0v) is 16.5. The number of para-hydroxylation sites is 1. The van der Waals surface area contributed by atoms with E-state index in [2.05, 4.69) is 15.5 Å². The Morgan fingerprint density at radius 1 is 1.10 bits per heavy atom. The average Bonchev–Trinajstić information content (AvgIpc) is 3.55. The largest absolute Gasteiger partial charge is 0.457 e. The molecule has 2 aliphatic rings. The lowest BCUT2D eigenvalue weighted by molar-refractivity contribution is -0.134. The second-order valence-electron chi connectivity index (χ2n) is 7.79. The van der Waals surface area contributed by atoms with Crippen LogP contribution in [0.15, 0.2) is 54.6 Å². The van der Waals surface area contributed by atoms with Gasteiger partial charge in [-0.3, -0.25) is 14.5 Å². The van der Waals surface area contributed by atoms with Crippen LogP contribution in [0, 0.1) is 5.92 Å². The molecule has 0 spiro atoms. The Bertz CT molecular complexity index is 851. The topological polar surface area (TPSA) is 70.7 Å². The Morgan fingerprint density at radius 2 is 1.90 bits per heavy atom. The molecule has 2 fully saturated rings. The standard InChI is InChI=1S/C23H27N3O3/c27-22(25-15-17-9-10-17)14-21-23(28)24-11-12-26(21)16-18-5-4-8-20(13-18)29-19-6-2-1-3-7-19/h1-8,13,17,21H,9-12,14-16H2,(H,24,28)(H,25,27). The molecule has 0 radical (unpaired) electrons. The first-order chi connectivity index (χ1) is 14.2. The van der Waals surface area contributed by atoms with Crippen molar-refractivity contribution in [2.75, 3.05) is 19.6 Å². The first kappa shape index (κ1) is 19.5. The Hall–Kier alpha value is -2.86. The van der Waals surface area contributed by atoms with Crippen molar-refractivity contribution in [3.63, 3.8) is 0 Å². The number of rotatable bonds is 8. The molecule has 1 aliphatic heterocycles. The Labute approximate surface area is 171 Å². The molecule has 1 saturated heterocycles. The summed E-state index contributed by atoms with van der Waals surface area (Å²) in [5.41, 5.74) is 1.05. The highest BCUT2D eigenvalue weighted by Crippen LogP contribution is 2.27. The van der Waals surface area contributed by atoms with E-state index in [9.17, 15) is 9.59 Å². The number of amides is 2. The van der Waals surface area contributed by atoms with Gasteiger partial charge < -0.3 is 15.4 Å². The summed E-state index contributed by atoms with van der Waals surface area (Å²) in [5.74, 6) is 2.04. The number of nitrogens with one attached hydrogen (secondary N) is 2. The van der Waals surface area contributed by atoms with E-state index < -0.39 is 6.04 Å². The number of carbonyl (C=O) groups excluding carboxylic acids is 2. The molecule has 1 unspecified atom stereocenters. The summed E-state index contributed by atoms with van der Waals surface area (Å²) in [5, 5.41) is 5.86. The first-order valence-electron chi connectivity index (χ1n) is 10.3. The molecule has 1 saturated carbocycles. The molecular weight excluding hydrogens is 366 g/mol. The molecule has 0 bridgehead atoms. The third-order valence-corrected chi connectivity index (χ3v) is 5.37. The van der Waals surface area contributed by atoms with Gasteiger partial charge in [-0.2, -0.15) is 0 Å². The smallest absolute Gasteiger partial charge is 0.237 e. The molecule has 152 valence electrons. The minimum atomic E-state index is -0.443. The van der Waals surface area contributed by atoms with E-state index in [1.54, 1.807) is 0 Å². The van der Waals surface area contributed by atoms with Crippen LogP contribution < -0.4 is 15.4 Å². The van der Waals surface area contributed by atoms with E-state index in [4.69, 9.17) is 4.74 Å². The number of nitrogens with zero attached hydrogens (tertiary/aromatic N) is 1. The van der Waals surface area contributed by atoms with Crippen LogP contribution in [0.2, 0.25) is 0 Å². The molecule has 0 aromatic heterocycles. The second-order valence-corrected chi connectivity index (χ2v) is 7.79. The van der Waals surface area contributed by atoms with Gasteiger partial charge in [-0.15, -0.1) is 0 Å². The number of carbonyl (C=O) groups is 2. The van der Waals surface area contributed by atoms with Gasteiger partial charge in [0, 0.05) is 26.2 Å². The second kappa shape index (κ2) is 9.09. The molecule has 2 N–H and O–H groups in total. The van der Waals surface area contributed by atoms with Gasteiger partial charge in [-0.25, -0.2) is 0 Å². The van der Waals surface area contributed by atoms with Gasteiger partial charge in [0.25, 0.3) is 0 Å². The summed E-state index contributed by atoms with van der Waals surface area (Å²) in [6, 6.07) is 17.1. The summed E-state index contributed by atoms with van der Waals surface area (Å²) in [6.07, 6.45) is 2.58. The van der Waals surface area contributed by atoms with Crippen molar-refractivity contribution in [3.8, 4) is 11.5 Å². The zero-order chi connectivity index (χ0) is 20.1. The van der Waals surface area contributed by atoms with Crippen LogP contribution in [0.5, 0.6) is 11.5 Å². The Balaban J connectivity index is 1.39. The number of hydrogen-bond donors (Lipinski definition) is 2. The minimum Gasteiger partial charge on any atom is -0.457 e. The fraction of sp³-hybridized carbons (Fsp3) is 0.391. The Morgan fingerprint density at radius 3 is 2.69 bits per heavy atom. The first-order valence-corrected chi connectivity index (χ1v) is 10.3. The highest BCUT2D eigenvalue weighted by molar-refractivity contribution is 5.88. The molecule has 1 atom stereocenters. The maximum atomic E-state index is 12.4. The monoisotopic (exact) mass is 393 g/mol. The number of piperazine rings is 1. The summed E-state index contributed by atoms with van der Waals surface area (Å²) in [4.78, 5) is 26.8. The van der Waals surface area contributed by atoms with Crippen LogP contribution in [-0.4, -0.2) is 42.4 Å². The number of benzene rings is 2. The van der Waals surface area contributed by atoms with E-state index in [-0.39, 0.29) is 18.2 Å². The lowest BCUT2D eigenvalue weighted by atomic mass is 10.1. The quantitative estimate of drug-likeness (QED) is 0.724. The molecule has 2 aromatic rings. The Kier molecular flexibility index (Phi) is 6.10. The van der Waals surface area contributed by atoms with Crippen molar-refractivity contribution >= 4 is 11.8 Å². The molecule has 29 heavy (non-hydrogen) atoms. The molecule has 1 aliphatic carbocycles. The van der Waals surface area contributed by atoms with Crippen LogP contribution in [0.1, 0.15) is 24.8 Å². The third-order valence-electron chi connectivity index (χ3n) is 5.37. The highest BCUT2D eigenvalue weighted by atomic mass is 16.5. The van der Waals surface area contributed by atoms with Gasteiger partial charge >= 0.3 is 0 Å². The summed E-state index contributed by atoms with van der Waals surface area (Å²) in [6.45, 7) is 2.64. The molecule has 1 heterocycles. The average molecular weight is 393 g/mol. The van der Waals surface area contributed by atoms with Crippen molar-refractivity contribution in [2.45, 2.75) is 31.8 Å². The van der Waals surface area contributed by atoms with Gasteiger partial charge in [0.15, 0.2) is 0 Å². The van der Waals surface area contributed by atoms with E-state index in [1.165, 1.54) is 12.8 Å². The molecule has 2 aromatic carbocycles. The zero-order valence-electron chi connectivity index (χ0n) is 16.5. The maximum absolute atomic E-state index is 12.4. The van der Waals surface area contributed by atoms with Gasteiger partial charge in [0.1, 0.15) is 11.5 Å². The summed E-state index contributed by atoms with van der Waals surface area (Å²) in [7, 11) is 0. The van der Waals surface area contributed by atoms with E-state index >= 15 is 0 Å². The minimum absolute atomic E-state index is 0.0508. The van der Waals surface area contributed by atoms with Gasteiger partial charge in [-0.05, 0) is 48.6 Å². The van der Waals surface area contributed by atoms with Crippen LogP contribution in [0.4, 0.5) is 0 Å². The van der Waals surface area contributed by atoms with E-state index in [0.29, 0.717) is 19.0 Å². The molecule has 6 nitrogen and oxygen atoms in total. The molecule has 4 rings (SSSR count). The number of hydrogen-bond acceptors (Lipinski definition) is 4. The fourth-order valence-corrected chi connectivity index (χ4v) is 3.57. The normalized spacial score (nSPS) is 19.4. The third kappa shape index (κ3) is 5.57.